The van der Waals surface area contributed by atoms with E-state index in [2.05, 4.69) is 27.9 Å². The highest BCUT2D eigenvalue weighted by atomic mass is 127. The Hall–Kier alpha value is -0.780. The molecule has 2 rings (SSSR count). The average molecular weight is 345 g/mol. The first-order chi connectivity index (χ1) is 8.20. The Morgan fingerprint density at radius 1 is 1.41 bits per heavy atom. The molecule has 0 bridgehead atoms. The minimum Gasteiger partial charge on any atom is -0.496 e. The van der Waals surface area contributed by atoms with Gasteiger partial charge in [-0.25, -0.2) is 0 Å². The number of carbonyl (C=O) groups is 1. The fourth-order valence-electron chi connectivity index (χ4n) is 2.14. The maximum atomic E-state index is 12.0. The van der Waals surface area contributed by atoms with Gasteiger partial charge in [0.25, 0.3) is 5.91 Å². The molecule has 1 aromatic carbocycles. The van der Waals surface area contributed by atoms with E-state index < -0.39 is 0 Å². The van der Waals surface area contributed by atoms with E-state index in [1.54, 1.807) is 13.2 Å². The molecular weight excluding hydrogens is 329 g/mol. The van der Waals surface area contributed by atoms with Gasteiger partial charge in [-0.05, 0) is 53.6 Å². The molecule has 1 aromatic rings. The fourth-order valence-corrected chi connectivity index (χ4v) is 2.70. The Kier molecular flexibility index (Phi) is 4.25. The van der Waals surface area contributed by atoms with Crippen molar-refractivity contribution in [2.45, 2.75) is 31.7 Å². The van der Waals surface area contributed by atoms with E-state index >= 15 is 0 Å². The van der Waals surface area contributed by atoms with Gasteiger partial charge in [0.15, 0.2) is 0 Å². The molecule has 1 aliphatic carbocycles. The maximum Gasteiger partial charge on any atom is 0.251 e. The van der Waals surface area contributed by atoms with Crippen molar-refractivity contribution in [1.29, 1.82) is 0 Å². The molecular formula is C13H16INO2. The van der Waals surface area contributed by atoms with Gasteiger partial charge in [0.1, 0.15) is 5.75 Å². The van der Waals surface area contributed by atoms with Crippen molar-refractivity contribution < 1.29 is 9.53 Å². The zero-order valence-electron chi connectivity index (χ0n) is 9.83. The summed E-state index contributed by atoms with van der Waals surface area (Å²) in [4.78, 5) is 12.0. The first-order valence-corrected chi connectivity index (χ1v) is 6.93. The lowest BCUT2D eigenvalue weighted by Gasteiger charge is -2.12. The van der Waals surface area contributed by atoms with Gasteiger partial charge in [0, 0.05) is 11.6 Å². The van der Waals surface area contributed by atoms with Gasteiger partial charge in [-0.3, -0.25) is 4.79 Å². The lowest BCUT2D eigenvalue weighted by atomic mass is 10.1. The van der Waals surface area contributed by atoms with Crippen LogP contribution in [0, 0.1) is 3.57 Å². The number of hydrogen-bond acceptors (Lipinski definition) is 2. The summed E-state index contributed by atoms with van der Waals surface area (Å²) in [6, 6.07) is 5.90. The molecule has 0 aliphatic heterocycles. The first-order valence-electron chi connectivity index (χ1n) is 5.85. The second-order valence-corrected chi connectivity index (χ2v) is 5.47. The van der Waals surface area contributed by atoms with Crippen LogP contribution in [0.5, 0.6) is 5.75 Å². The summed E-state index contributed by atoms with van der Waals surface area (Å²) in [7, 11) is 1.62. The van der Waals surface area contributed by atoms with Crippen LogP contribution in [0.2, 0.25) is 0 Å². The smallest absolute Gasteiger partial charge is 0.251 e. The topological polar surface area (TPSA) is 38.3 Å². The quantitative estimate of drug-likeness (QED) is 0.856. The molecule has 1 fully saturated rings. The number of amides is 1. The molecule has 1 aliphatic rings. The van der Waals surface area contributed by atoms with Crippen LogP contribution in [0.1, 0.15) is 36.0 Å². The van der Waals surface area contributed by atoms with E-state index in [1.807, 2.05) is 12.1 Å². The number of methoxy groups -OCH3 is 1. The van der Waals surface area contributed by atoms with Gasteiger partial charge < -0.3 is 10.1 Å². The van der Waals surface area contributed by atoms with E-state index in [4.69, 9.17) is 4.74 Å². The van der Waals surface area contributed by atoms with Crippen LogP contribution >= 0.6 is 22.6 Å². The second kappa shape index (κ2) is 5.71. The van der Waals surface area contributed by atoms with Crippen molar-refractivity contribution in [3.05, 3.63) is 27.3 Å². The summed E-state index contributed by atoms with van der Waals surface area (Å²) in [5.41, 5.74) is 0.675. The Morgan fingerprint density at radius 3 is 2.76 bits per heavy atom. The van der Waals surface area contributed by atoms with Crippen LogP contribution in [0.15, 0.2) is 18.2 Å². The van der Waals surface area contributed by atoms with Gasteiger partial charge in [-0.1, -0.05) is 12.8 Å². The molecule has 0 spiro atoms. The van der Waals surface area contributed by atoms with E-state index in [-0.39, 0.29) is 5.91 Å². The van der Waals surface area contributed by atoms with Crippen LogP contribution in [-0.2, 0) is 0 Å². The Labute approximate surface area is 115 Å². The van der Waals surface area contributed by atoms with Crippen LogP contribution in [0.25, 0.3) is 0 Å². The van der Waals surface area contributed by atoms with Crippen molar-refractivity contribution in [1.82, 2.24) is 5.32 Å². The van der Waals surface area contributed by atoms with Gasteiger partial charge in [-0.2, -0.15) is 0 Å². The van der Waals surface area contributed by atoms with Crippen LogP contribution in [0.3, 0.4) is 0 Å². The van der Waals surface area contributed by atoms with Crippen molar-refractivity contribution in [3.8, 4) is 5.75 Å². The van der Waals surface area contributed by atoms with Crippen LogP contribution < -0.4 is 10.1 Å². The molecule has 0 radical (unpaired) electrons. The summed E-state index contributed by atoms with van der Waals surface area (Å²) in [6.07, 6.45) is 4.66. The maximum absolute atomic E-state index is 12.0. The van der Waals surface area contributed by atoms with E-state index in [1.165, 1.54) is 12.8 Å². The monoisotopic (exact) mass is 345 g/mol. The minimum absolute atomic E-state index is 0.00611. The number of benzene rings is 1. The number of rotatable bonds is 3. The third-order valence-electron chi connectivity index (χ3n) is 3.10. The Morgan fingerprint density at radius 2 is 2.12 bits per heavy atom. The highest BCUT2D eigenvalue weighted by molar-refractivity contribution is 14.1. The summed E-state index contributed by atoms with van der Waals surface area (Å²) >= 11 is 2.19. The Bertz CT molecular complexity index is 414. The van der Waals surface area contributed by atoms with Crippen molar-refractivity contribution in [2.24, 2.45) is 0 Å². The first kappa shape index (κ1) is 12.7. The molecule has 4 heteroatoms. The molecule has 17 heavy (non-hydrogen) atoms. The van der Waals surface area contributed by atoms with E-state index in [0.717, 1.165) is 22.2 Å². The largest absolute Gasteiger partial charge is 0.496 e. The van der Waals surface area contributed by atoms with Crippen LogP contribution in [-0.4, -0.2) is 19.1 Å². The summed E-state index contributed by atoms with van der Waals surface area (Å²) < 4.78 is 6.23. The lowest BCUT2D eigenvalue weighted by molar-refractivity contribution is 0.0937. The average Bonchev–Trinajstić information content (AvgIpc) is 2.82. The van der Waals surface area contributed by atoms with Crippen molar-refractivity contribution in [2.75, 3.05) is 7.11 Å². The molecule has 92 valence electrons. The minimum atomic E-state index is 0.00611. The molecule has 0 aromatic heterocycles. The summed E-state index contributed by atoms with van der Waals surface area (Å²) in [6.45, 7) is 0. The van der Waals surface area contributed by atoms with E-state index in [0.29, 0.717) is 11.6 Å². The third-order valence-corrected chi connectivity index (χ3v) is 3.99. The van der Waals surface area contributed by atoms with Gasteiger partial charge in [-0.15, -0.1) is 0 Å². The standard InChI is InChI=1S/C13H16INO2/c1-17-12-8-9(6-7-11(12)14)13(16)15-10-4-2-3-5-10/h6-8,10H,2-5H2,1H3,(H,15,16). The highest BCUT2D eigenvalue weighted by Crippen LogP contribution is 2.23. The summed E-state index contributed by atoms with van der Waals surface area (Å²) in [5.74, 6) is 0.760. The number of halogens is 1. The molecule has 1 saturated carbocycles. The third kappa shape index (κ3) is 3.12. The number of carbonyl (C=O) groups excluding carboxylic acids is 1. The van der Waals surface area contributed by atoms with Gasteiger partial charge in [0.2, 0.25) is 0 Å². The fraction of sp³-hybridized carbons (Fsp3) is 0.462. The number of nitrogens with one attached hydrogen (secondary N) is 1. The number of ether oxygens (including phenoxy) is 1. The molecule has 0 unspecified atom stereocenters. The Balaban J connectivity index is 2.07. The zero-order chi connectivity index (χ0) is 12.3. The van der Waals surface area contributed by atoms with E-state index in [9.17, 15) is 4.79 Å². The highest BCUT2D eigenvalue weighted by Gasteiger charge is 2.18. The predicted octanol–water partition coefficient (Wildman–Crippen LogP) is 2.97. The lowest BCUT2D eigenvalue weighted by Crippen LogP contribution is -2.32. The summed E-state index contributed by atoms with van der Waals surface area (Å²) in [5, 5.41) is 3.07. The van der Waals surface area contributed by atoms with Gasteiger partial charge in [0.05, 0.1) is 10.7 Å². The van der Waals surface area contributed by atoms with Crippen LogP contribution in [0.4, 0.5) is 0 Å². The molecule has 0 saturated heterocycles. The second-order valence-electron chi connectivity index (χ2n) is 4.30. The van der Waals surface area contributed by atoms with Gasteiger partial charge >= 0.3 is 0 Å². The normalized spacial score (nSPS) is 15.9. The molecule has 3 nitrogen and oxygen atoms in total. The van der Waals surface area contributed by atoms with Crippen molar-refractivity contribution in [3.63, 3.8) is 0 Å². The molecule has 1 amide bonds. The molecule has 0 atom stereocenters. The predicted molar refractivity (Wildman–Crippen MR) is 75.4 cm³/mol. The molecule has 0 heterocycles. The zero-order valence-corrected chi connectivity index (χ0v) is 12.0. The van der Waals surface area contributed by atoms with Crippen molar-refractivity contribution >= 4 is 28.5 Å². The number of hydrogen-bond donors (Lipinski definition) is 1. The SMILES string of the molecule is COc1cc(C(=O)NC2CCCC2)ccc1I. The molecule has 1 N–H and O–H groups in total.